The van der Waals surface area contributed by atoms with Gasteiger partial charge in [-0.05, 0) is 31.0 Å². The van der Waals surface area contributed by atoms with Gasteiger partial charge in [-0.3, -0.25) is 4.79 Å². The predicted octanol–water partition coefficient (Wildman–Crippen LogP) is 4.55. The topological polar surface area (TPSA) is 47.8 Å². The molecule has 0 spiro atoms. The van der Waals surface area contributed by atoms with E-state index >= 15 is 0 Å². The van der Waals surface area contributed by atoms with Crippen molar-refractivity contribution in [2.24, 2.45) is 7.05 Å². The molecule has 1 unspecified atom stereocenters. The average molecular weight is 369 g/mol. The second-order valence-electron chi connectivity index (χ2n) is 6.02. The Morgan fingerprint density at radius 2 is 1.85 bits per heavy atom. The number of carbonyl (C=O) groups excluding carboxylic acids is 1. The Labute approximate surface area is 156 Å². The zero-order valence-corrected chi connectivity index (χ0v) is 15.8. The van der Waals surface area contributed by atoms with E-state index < -0.39 is 0 Å². The third-order valence-electron chi connectivity index (χ3n) is 4.25. The number of aromatic nitrogens is 3. The average Bonchev–Trinajstić information content (AvgIpc) is 3.02. The van der Waals surface area contributed by atoms with Crippen LogP contribution in [0.2, 0.25) is 0 Å². The quantitative estimate of drug-likeness (QED) is 0.472. The fraction of sp³-hybridized carbons (Fsp3) is 0.250. The molecule has 0 aliphatic carbocycles. The van der Waals surface area contributed by atoms with E-state index in [-0.39, 0.29) is 16.9 Å². The van der Waals surface area contributed by atoms with E-state index in [1.807, 2.05) is 31.2 Å². The lowest BCUT2D eigenvalue weighted by atomic mass is 10.1. The van der Waals surface area contributed by atoms with Crippen LogP contribution in [0.5, 0.6) is 0 Å². The van der Waals surface area contributed by atoms with E-state index in [2.05, 4.69) is 17.1 Å². The molecule has 1 heterocycles. The van der Waals surface area contributed by atoms with Crippen molar-refractivity contribution in [2.75, 3.05) is 0 Å². The minimum absolute atomic E-state index is 0.0353. The molecule has 2 aromatic carbocycles. The molecule has 0 aliphatic rings. The second-order valence-corrected chi connectivity index (χ2v) is 7.33. The van der Waals surface area contributed by atoms with Gasteiger partial charge in [-0.15, -0.1) is 10.2 Å². The minimum atomic E-state index is -0.348. The molecule has 26 heavy (non-hydrogen) atoms. The SMILES string of the molecule is CCc1ccc(C(=O)C(C)Sc2nnc(-c3ccccc3F)n2C)cc1. The Morgan fingerprint density at radius 1 is 1.15 bits per heavy atom. The van der Waals surface area contributed by atoms with E-state index in [0.717, 1.165) is 6.42 Å². The van der Waals surface area contributed by atoms with Crippen molar-refractivity contribution in [3.63, 3.8) is 0 Å². The second kappa shape index (κ2) is 7.83. The number of ketones is 1. The summed E-state index contributed by atoms with van der Waals surface area (Å²) in [6, 6.07) is 14.1. The van der Waals surface area contributed by atoms with Crippen LogP contribution in [0.4, 0.5) is 4.39 Å². The highest BCUT2D eigenvalue weighted by Crippen LogP contribution is 2.28. The maximum atomic E-state index is 14.0. The summed E-state index contributed by atoms with van der Waals surface area (Å²) < 4.78 is 15.7. The number of hydrogen-bond donors (Lipinski definition) is 0. The van der Waals surface area contributed by atoms with E-state index in [4.69, 9.17) is 0 Å². The third kappa shape index (κ3) is 3.70. The first-order chi connectivity index (χ1) is 12.5. The maximum Gasteiger partial charge on any atom is 0.191 e. The number of carbonyl (C=O) groups is 1. The first-order valence-corrected chi connectivity index (χ1v) is 9.33. The lowest BCUT2D eigenvalue weighted by Crippen LogP contribution is -2.14. The van der Waals surface area contributed by atoms with E-state index in [0.29, 0.717) is 22.1 Å². The van der Waals surface area contributed by atoms with Crippen LogP contribution in [-0.4, -0.2) is 25.8 Å². The lowest BCUT2D eigenvalue weighted by molar-refractivity contribution is 0.0994. The Morgan fingerprint density at radius 3 is 2.50 bits per heavy atom. The first-order valence-electron chi connectivity index (χ1n) is 8.45. The number of nitrogens with zero attached hydrogens (tertiary/aromatic N) is 3. The van der Waals surface area contributed by atoms with Gasteiger partial charge in [-0.2, -0.15) is 0 Å². The molecule has 3 aromatic rings. The number of Topliss-reactive ketones (excluding diaryl/α,β-unsaturated/α-hetero) is 1. The molecule has 0 N–H and O–H groups in total. The molecule has 0 aliphatic heterocycles. The van der Waals surface area contributed by atoms with Crippen molar-refractivity contribution in [3.05, 3.63) is 65.5 Å². The normalized spacial score (nSPS) is 12.2. The Balaban J connectivity index is 1.78. The Hall–Kier alpha value is -2.47. The van der Waals surface area contributed by atoms with Gasteiger partial charge in [-0.25, -0.2) is 4.39 Å². The molecule has 6 heteroatoms. The third-order valence-corrected chi connectivity index (χ3v) is 5.38. The number of benzene rings is 2. The summed E-state index contributed by atoms with van der Waals surface area (Å²) in [4.78, 5) is 12.7. The van der Waals surface area contributed by atoms with Gasteiger partial charge in [0.1, 0.15) is 5.82 Å². The van der Waals surface area contributed by atoms with Gasteiger partial charge >= 0.3 is 0 Å². The van der Waals surface area contributed by atoms with Gasteiger partial charge in [-0.1, -0.05) is 55.1 Å². The van der Waals surface area contributed by atoms with Crippen LogP contribution in [0.3, 0.4) is 0 Å². The molecular weight excluding hydrogens is 349 g/mol. The molecule has 134 valence electrons. The fourth-order valence-corrected chi connectivity index (χ4v) is 3.54. The van der Waals surface area contributed by atoms with Crippen molar-refractivity contribution in [1.29, 1.82) is 0 Å². The Kier molecular flexibility index (Phi) is 5.52. The number of thioether (sulfide) groups is 1. The van der Waals surface area contributed by atoms with Gasteiger partial charge in [0, 0.05) is 12.6 Å². The van der Waals surface area contributed by atoms with Crippen LogP contribution in [0.1, 0.15) is 29.8 Å². The van der Waals surface area contributed by atoms with Crippen LogP contribution < -0.4 is 0 Å². The summed E-state index contributed by atoms with van der Waals surface area (Å²) in [5.41, 5.74) is 2.27. The molecule has 1 aromatic heterocycles. The summed E-state index contributed by atoms with van der Waals surface area (Å²) in [6.07, 6.45) is 0.941. The molecule has 0 saturated carbocycles. The molecule has 0 bridgehead atoms. The summed E-state index contributed by atoms with van der Waals surface area (Å²) >= 11 is 1.32. The van der Waals surface area contributed by atoms with Crippen LogP contribution in [0.15, 0.2) is 53.7 Å². The molecule has 0 radical (unpaired) electrons. The van der Waals surface area contributed by atoms with Crippen molar-refractivity contribution >= 4 is 17.5 Å². The number of halogens is 1. The molecule has 0 amide bonds. The molecule has 0 fully saturated rings. The fourth-order valence-electron chi connectivity index (χ4n) is 2.65. The first kappa shape index (κ1) is 18.3. The Bertz CT molecular complexity index is 921. The van der Waals surface area contributed by atoms with Gasteiger partial charge in [0.2, 0.25) is 0 Å². The number of rotatable bonds is 6. The van der Waals surface area contributed by atoms with Crippen molar-refractivity contribution in [2.45, 2.75) is 30.7 Å². The zero-order valence-electron chi connectivity index (χ0n) is 14.9. The largest absolute Gasteiger partial charge is 0.305 e. The standard InChI is InChI=1S/C20H20FN3OS/c1-4-14-9-11-15(12-10-14)18(25)13(2)26-20-23-22-19(24(20)3)16-7-5-6-8-17(16)21/h5-13H,4H2,1-3H3. The van der Waals surface area contributed by atoms with Gasteiger partial charge in [0.15, 0.2) is 16.8 Å². The number of aryl methyl sites for hydroxylation is 1. The molecule has 1 atom stereocenters. The monoisotopic (exact) mass is 369 g/mol. The van der Waals surface area contributed by atoms with Crippen LogP contribution in [0, 0.1) is 5.82 Å². The maximum absolute atomic E-state index is 14.0. The van der Waals surface area contributed by atoms with Gasteiger partial charge in [0.05, 0.1) is 10.8 Å². The summed E-state index contributed by atoms with van der Waals surface area (Å²) in [6.45, 7) is 3.93. The molecule has 4 nitrogen and oxygen atoms in total. The van der Waals surface area contributed by atoms with Gasteiger partial charge < -0.3 is 4.57 Å². The van der Waals surface area contributed by atoms with Crippen LogP contribution in [-0.2, 0) is 13.5 Å². The summed E-state index contributed by atoms with van der Waals surface area (Å²) in [5.74, 6) is 0.130. The van der Waals surface area contributed by atoms with Crippen molar-refractivity contribution in [3.8, 4) is 11.4 Å². The molecule has 3 rings (SSSR count). The highest BCUT2D eigenvalue weighted by Gasteiger charge is 2.21. The van der Waals surface area contributed by atoms with E-state index in [1.165, 1.54) is 23.4 Å². The number of hydrogen-bond acceptors (Lipinski definition) is 4. The highest BCUT2D eigenvalue weighted by atomic mass is 32.2. The van der Waals surface area contributed by atoms with E-state index in [9.17, 15) is 9.18 Å². The van der Waals surface area contributed by atoms with Crippen LogP contribution >= 0.6 is 11.8 Å². The molecular formula is C20H20FN3OS. The van der Waals surface area contributed by atoms with E-state index in [1.54, 1.807) is 29.8 Å². The zero-order chi connectivity index (χ0) is 18.7. The van der Waals surface area contributed by atoms with Crippen LogP contribution in [0.25, 0.3) is 11.4 Å². The summed E-state index contributed by atoms with van der Waals surface area (Å²) in [7, 11) is 1.78. The van der Waals surface area contributed by atoms with Crippen molar-refractivity contribution < 1.29 is 9.18 Å². The summed E-state index contributed by atoms with van der Waals surface area (Å²) in [5, 5.41) is 8.49. The van der Waals surface area contributed by atoms with Crippen molar-refractivity contribution in [1.82, 2.24) is 14.8 Å². The highest BCUT2D eigenvalue weighted by molar-refractivity contribution is 8.00. The van der Waals surface area contributed by atoms with Gasteiger partial charge in [0.25, 0.3) is 0 Å². The predicted molar refractivity (Wildman–Crippen MR) is 102 cm³/mol. The lowest BCUT2D eigenvalue weighted by Gasteiger charge is -2.10. The smallest absolute Gasteiger partial charge is 0.191 e. The minimum Gasteiger partial charge on any atom is -0.305 e. The molecule has 0 saturated heterocycles.